The zero-order valence-corrected chi connectivity index (χ0v) is 11.4. The predicted molar refractivity (Wildman–Crippen MR) is 75.7 cm³/mol. The number of nitrogens with two attached hydrogens (primary N) is 1. The standard InChI is InChI=1S/C13H23N5O/c1-2-5-10-15-11(8-12(16-10)18-14)17-13(9-19)6-3-4-7-13/h8,19H,2-7,9,14H2,1H3,(H2,15,16,17,18). The molecule has 2 rings (SSSR count). The number of hydrazine groups is 1. The van der Waals surface area contributed by atoms with Crippen molar-refractivity contribution in [2.45, 2.75) is 51.0 Å². The summed E-state index contributed by atoms with van der Waals surface area (Å²) in [6, 6.07) is 1.79. The first kappa shape index (κ1) is 14.0. The highest BCUT2D eigenvalue weighted by molar-refractivity contribution is 5.48. The molecule has 1 saturated carbocycles. The Kier molecular flexibility index (Phi) is 4.55. The van der Waals surface area contributed by atoms with E-state index in [4.69, 9.17) is 5.84 Å². The molecule has 5 N–H and O–H groups in total. The van der Waals surface area contributed by atoms with E-state index in [9.17, 15) is 5.11 Å². The number of nitrogen functional groups attached to an aromatic ring is 1. The van der Waals surface area contributed by atoms with Crippen LogP contribution in [0.1, 0.15) is 44.9 Å². The molecular weight excluding hydrogens is 242 g/mol. The van der Waals surface area contributed by atoms with Crippen molar-refractivity contribution >= 4 is 11.6 Å². The van der Waals surface area contributed by atoms with Gasteiger partial charge in [0, 0.05) is 12.5 Å². The van der Waals surface area contributed by atoms with Crippen LogP contribution < -0.4 is 16.6 Å². The number of aryl methyl sites for hydroxylation is 1. The molecule has 1 aromatic heterocycles. The summed E-state index contributed by atoms with van der Waals surface area (Å²) in [6.07, 6.45) is 6.03. The quantitative estimate of drug-likeness (QED) is 0.459. The Morgan fingerprint density at radius 2 is 2.00 bits per heavy atom. The maximum Gasteiger partial charge on any atom is 0.145 e. The second-order valence-corrected chi connectivity index (χ2v) is 5.22. The molecule has 0 unspecified atom stereocenters. The second-order valence-electron chi connectivity index (χ2n) is 5.22. The highest BCUT2D eigenvalue weighted by atomic mass is 16.3. The molecule has 6 heteroatoms. The van der Waals surface area contributed by atoms with Gasteiger partial charge in [0.1, 0.15) is 17.5 Å². The van der Waals surface area contributed by atoms with Crippen molar-refractivity contribution in [2.24, 2.45) is 5.84 Å². The van der Waals surface area contributed by atoms with Crippen LogP contribution in [0.5, 0.6) is 0 Å². The van der Waals surface area contributed by atoms with E-state index in [0.29, 0.717) is 5.82 Å². The van der Waals surface area contributed by atoms with Crippen LogP contribution in [0.2, 0.25) is 0 Å². The zero-order valence-electron chi connectivity index (χ0n) is 11.4. The Bertz CT molecular complexity index is 417. The molecule has 0 bridgehead atoms. The fraction of sp³-hybridized carbons (Fsp3) is 0.692. The molecule has 106 valence electrons. The molecule has 0 spiro atoms. The summed E-state index contributed by atoms with van der Waals surface area (Å²) in [5.74, 6) is 7.55. The Labute approximate surface area is 113 Å². The molecule has 0 aliphatic heterocycles. The molecule has 1 aliphatic carbocycles. The van der Waals surface area contributed by atoms with Crippen molar-refractivity contribution in [3.63, 3.8) is 0 Å². The number of aliphatic hydroxyl groups is 1. The van der Waals surface area contributed by atoms with Crippen LogP contribution in [0.4, 0.5) is 11.6 Å². The maximum atomic E-state index is 9.63. The molecule has 19 heavy (non-hydrogen) atoms. The smallest absolute Gasteiger partial charge is 0.145 e. The highest BCUT2D eigenvalue weighted by Crippen LogP contribution is 2.32. The molecule has 0 aromatic carbocycles. The average Bonchev–Trinajstić information content (AvgIpc) is 2.88. The summed E-state index contributed by atoms with van der Waals surface area (Å²) in [4.78, 5) is 8.81. The van der Waals surface area contributed by atoms with E-state index in [1.807, 2.05) is 0 Å². The van der Waals surface area contributed by atoms with Gasteiger partial charge in [-0.1, -0.05) is 19.8 Å². The molecule has 0 atom stereocenters. The summed E-state index contributed by atoms with van der Waals surface area (Å²) in [6.45, 7) is 2.22. The lowest BCUT2D eigenvalue weighted by Gasteiger charge is -2.28. The van der Waals surface area contributed by atoms with E-state index < -0.39 is 0 Å². The molecule has 1 fully saturated rings. The minimum atomic E-state index is -0.232. The second kappa shape index (κ2) is 6.16. The minimum absolute atomic E-state index is 0.130. The number of anilines is 2. The van der Waals surface area contributed by atoms with Gasteiger partial charge in [-0.05, 0) is 19.3 Å². The molecule has 0 radical (unpaired) electrons. The molecular formula is C13H23N5O. The van der Waals surface area contributed by atoms with Crippen molar-refractivity contribution in [3.05, 3.63) is 11.9 Å². The summed E-state index contributed by atoms with van der Waals surface area (Å²) >= 11 is 0. The van der Waals surface area contributed by atoms with E-state index in [2.05, 4.69) is 27.6 Å². The number of hydrogen-bond acceptors (Lipinski definition) is 6. The number of nitrogens with one attached hydrogen (secondary N) is 2. The molecule has 1 aromatic rings. The zero-order chi connectivity index (χ0) is 13.7. The summed E-state index contributed by atoms with van der Waals surface area (Å²) in [5, 5.41) is 13.0. The lowest BCUT2D eigenvalue weighted by Crippen LogP contribution is -2.39. The largest absolute Gasteiger partial charge is 0.394 e. The van der Waals surface area contributed by atoms with Crippen molar-refractivity contribution in [1.29, 1.82) is 0 Å². The van der Waals surface area contributed by atoms with E-state index >= 15 is 0 Å². The number of aliphatic hydroxyl groups excluding tert-OH is 1. The van der Waals surface area contributed by atoms with E-state index in [0.717, 1.165) is 50.2 Å². The fourth-order valence-corrected chi connectivity index (χ4v) is 2.62. The number of aromatic nitrogens is 2. The van der Waals surface area contributed by atoms with Gasteiger partial charge in [0.25, 0.3) is 0 Å². The van der Waals surface area contributed by atoms with Gasteiger partial charge in [-0.3, -0.25) is 0 Å². The van der Waals surface area contributed by atoms with Gasteiger partial charge in [0.2, 0.25) is 0 Å². The van der Waals surface area contributed by atoms with Crippen LogP contribution in [0.25, 0.3) is 0 Å². The van der Waals surface area contributed by atoms with Crippen molar-refractivity contribution in [3.8, 4) is 0 Å². The van der Waals surface area contributed by atoms with Crippen LogP contribution in [0.15, 0.2) is 6.07 Å². The van der Waals surface area contributed by atoms with Crippen molar-refractivity contribution in [1.82, 2.24) is 9.97 Å². The van der Waals surface area contributed by atoms with Gasteiger partial charge >= 0.3 is 0 Å². The van der Waals surface area contributed by atoms with Crippen LogP contribution in [-0.4, -0.2) is 27.2 Å². The van der Waals surface area contributed by atoms with Crippen LogP contribution in [0, 0.1) is 0 Å². The number of rotatable bonds is 6. The lowest BCUT2D eigenvalue weighted by molar-refractivity contribution is 0.214. The van der Waals surface area contributed by atoms with Gasteiger partial charge in [0.15, 0.2) is 0 Å². The first-order chi connectivity index (χ1) is 9.21. The number of nitrogens with zero attached hydrogens (tertiary/aromatic N) is 2. The third-order valence-electron chi connectivity index (χ3n) is 3.65. The molecule has 1 heterocycles. The topological polar surface area (TPSA) is 96.1 Å². The first-order valence-electron chi connectivity index (χ1n) is 6.95. The van der Waals surface area contributed by atoms with E-state index in [1.54, 1.807) is 6.07 Å². The number of hydrogen-bond donors (Lipinski definition) is 4. The Balaban J connectivity index is 2.20. The molecule has 6 nitrogen and oxygen atoms in total. The van der Waals surface area contributed by atoms with Gasteiger partial charge in [-0.2, -0.15) is 0 Å². The first-order valence-corrected chi connectivity index (χ1v) is 6.95. The average molecular weight is 265 g/mol. The van der Waals surface area contributed by atoms with Gasteiger partial charge in [0.05, 0.1) is 12.1 Å². The monoisotopic (exact) mass is 265 g/mol. The van der Waals surface area contributed by atoms with Crippen LogP contribution >= 0.6 is 0 Å². The SMILES string of the molecule is CCCc1nc(NN)cc(NC2(CO)CCCC2)n1. The Hall–Kier alpha value is -1.40. The molecule has 0 amide bonds. The van der Waals surface area contributed by atoms with Crippen molar-refractivity contribution < 1.29 is 5.11 Å². The molecule has 0 saturated heterocycles. The third kappa shape index (κ3) is 3.33. The summed E-state index contributed by atoms with van der Waals surface area (Å²) in [7, 11) is 0. The van der Waals surface area contributed by atoms with Crippen LogP contribution in [0.3, 0.4) is 0 Å². The third-order valence-corrected chi connectivity index (χ3v) is 3.65. The summed E-state index contributed by atoms with van der Waals surface area (Å²) in [5.41, 5.74) is 2.34. The highest BCUT2D eigenvalue weighted by Gasteiger charge is 2.33. The Morgan fingerprint density at radius 3 is 2.58 bits per heavy atom. The fourth-order valence-electron chi connectivity index (χ4n) is 2.62. The maximum absolute atomic E-state index is 9.63. The van der Waals surface area contributed by atoms with E-state index in [-0.39, 0.29) is 12.1 Å². The normalized spacial score (nSPS) is 17.4. The lowest BCUT2D eigenvalue weighted by atomic mass is 9.99. The van der Waals surface area contributed by atoms with E-state index in [1.165, 1.54) is 0 Å². The van der Waals surface area contributed by atoms with Gasteiger partial charge in [-0.25, -0.2) is 15.8 Å². The molecule has 1 aliphatic rings. The van der Waals surface area contributed by atoms with Crippen molar-refractivity contribution in [2.75, 3.05) is 17.3 Å². The Morgan fingerprint density at radius 1 is 1.32 bits per heavy atom. The summed E-state index contributed by atoms with van der Waals surface area (Å²) < 4.78 is 0. The minimum Gasteiger partial charge on any atom is -0.394 e. The van der Waals surface area contributed by atoms with Crippen LogP contribution in [-0.2, 0) is 6.42 Å². The van der Waals surface area contributed by atoms with Gasteiger partial charge < -0.3 is 15.8 Å². The van der Waals surface area contributed by atoms with Gasteiger partial charge in [-0.15, -0.1) is 0 Å². The predicted octanol–water partition coefficient (Wildman–Crippen LogP) is 1.43.